The van der Waals surface area contributed by atoms with E-state index in [1.54, 1.807) is 6.92 Å². The number of rotatable bonds is 4. The summed E-state index contributed by atoms with van der Waals surface area (Å²) in [5.41, 5.74) is 0. The van der Waals surface area contributed by atoms with Crippen LogP contribution in [0.3, 0.4) is 0 Å². The third-order valence-corrected chi connectivity index (χ3v) is 1.15. The predicted octanol–water partition coefficient (Wildman–Crippen LogP) is -3.57. The van der Waals surface area contributed by atoms with Crippen LogP contribution in [0, 0.1) is 0 Å². The Morgan fingerprint density at radius 2 is 2.00 bits per heavy atom. The largest absolute Gasteiger partial charge is 1.00 e. The van der Waals surface area contributed by atoms with Crippen molar-refractivity contribution in [1.29, 1.82) is 0 Å². The van der Waals surface area contributed by atoms with Crippen LogP contribution >= 0.6 is 7.82 Å². The molecule has 0 fully saturated rings. The van der Waals surface area contributed by atoms with Crippen molar-refractivity contribution >= 4 is 13.8 Å². The summed E-state index contributed by atoms with van der Waals surface area (Å²) in [6.45, 7) is 4.79. The van der Waals surface area contributed by atoms with E-state index in [4.69, 9.17) is 19.7 Å². The van der Waals surface area contributed by atoms with Crippen molar-refractivity contribution < 1.29 is 80.2 Å². The maximum absolute atomic E-state index is 9.86. The molecule has 0 saturated heterocycles. The molecule has 6 nitrogen and oxygen atoms in total. The number of phosphoric ester groups is 1. The molecule has 0 bridgehead atoms. The summed E-state index contributed by atoms with van der Waals surface area (Å²) in [5.74, 6) is -1.23. The summed E-state index contributed by atoms with van der Waals surface area (Å²) >= 11 is 0. The normalized spacial score (nSPS) is 9.07. The molecule has 0 aromatic rings. The van der Waals surface area contributed by atoms with E-state index in [0.717, 1.165) is 6.08 Å². The van der Waals surface area contributed by atoms with Gasteiger partial charge in [-0.2, -0.15) is 0 Å². The van der Waals surface area contributed by atoms with Crippen molar-refractivity contribution in [2.24, 2.45) is 0 Å². The molecule has 0 aliphatic rings. The Bertz CT molecular complexity index is 200. The number of carbonyl (C=O) groups is 1. The summed E-state index contributed by atoms with van der Waals surface area (Å²) in [6.07, 6.45) is 1.34. The van der Waals surface area contributed by atoms with Gasteiger partial charge in [-0.05, 0) is 12.5 Å². The first kappa shape index (κ1) is 20.4. The van der Waals surface area contributed by atoms with Gasteiger partial charge < -0.3 is 19.7 Å². The summed E-state index contributed by atoms with van der Waals surface area (Å²) in [7, 11) is -4.18. The molecule has 0 aromatic carbocycles. The van der Waals surface area contributed by atoms with Crippen LogP contribution in [0.25, 0.3) is 0 Å². The van der Waals surface area contributed by atoms with Crippen LogP contribution in [0.1, 0.15) is 13.3 Å². The minimum atomic E-state index is -4.18. The van der Waals surface area contributed by atoms with E-state index in [0.29, 0.717) is 6.42 Å². The second-order valence-corrected chi connectivity index (χ2v) is 3.09. The molecule has 0 radical (unpaired) electrons. The molecule has 0 spiro atoms. The number of aliphatic carboxylic acids is 1. The van der Waals surface area contributed by atoms with Gasteiger partial charge in [-0.15, -0.1) is 0 Å². The number of hydrogen-bond donors (Lipinski definition) is 2. The van der Waals surface area contributed by atoms with Crippen molar-refractivity contribution in [3.05, 3.63) is 12.7 Å². The zero-order valence-electron chi connectivity index (χ0n) is 8.17. The molecular formula is C6H12KO6P. The maximum atomic E-state index is 9.86. The zero-order chi connectivity index (χ0) is 10.9. The fourth-order valence-electron chi connectivity index (χ4n) is 0.210. The van der Waals surface area contributed by atoms with Crippen LogP contribution in [0.4, 0.5) is 0 Å². The van der Waals surface area contributed by atoms with Crippen LogP contribution in [0.15, 0.2) is 12.7 Å². The van der Waals surface area contributed by atoms with Gasteiger partial charge in [-0.25, -0.2) is 4.57 Å². The zero-order valence-corrected chi connectivity index (χ0v) is 12.2. The molecule has 0 unspecified atom stereocenters. The monoisotopic (exact) mass is 250 g/mol. The number of carboxylic acids is 1. The van der Waals surface area contributed by atoms with Gasteiger partial charge in [0.25, 0.3) is 0 Å². The van der Waals surface area contributed by atoms with Gasteiger partial charge in [-0.3, -0.25) is 4.52 Å². The van der Waals surface area contributed by atoms with Gasteiger partial charge in [0.05, 0.1) is 12.6 Å². The topological polar surface area (TPSA) is 107 Å². The number of carbonyl (C=O) groups excluding carboxylic acids is 1. The fourth-order valence-corrected chi connectivity index (χ4v) is 0.631. The maximum Gasteiger partial charge on any atom is 1.00 e. The quantitative estimate of drug-likeness (QED) is 0.304. The Morgan fingerprint density at radius 3 is 2.07 bits per heavy atom. The van der Waals surface area contributed by atoms with Crippen LogP contribution in [-0.4, -0.2) is 22.4 Å². The second kappa shape index (κ2) is 12.0. The molecule has 0 amide bonds. The molecule has 0 aliphatic carbocycles. The molecule has 0 aliphatic heterocycles. The minimum absolute atomic E-state index is 0. The Morgan fingerprint density at radius 1 is 1.64 bits per heavy atom. The molecule has 0 atom stereocenters. The summed E-state index contributed by atoms with van der Waals surface area (Å²) < 4.78 is 13.9. The van der Waals surface area contributed by atoms with Crippen molar-refractivity contribution in [3.8, 4) is 0 Å². The molecule has 14 heavy (non-hydrogen) atoms. The molecule has 0 heterocycles. The van der Waals surface area contributed by atoms with Crippen molar-refractivity contribution in [2.75, 3.05) is 6.61 Å². The standard InChI is InChI=1S/C3H9O4P.C3H4O2.K/c1-2-3-7-8(4,5)6;1-2-3(4)5;/h2-3H2,1H3,(H2,4,5,6);2H,1H2,(H,4,5);/q;;+1/p-1. The first-order chi connectivity index (χ1) is 5.83. The van der Waals surface area contributed by atoms with Crippen molar-refractivity contribution in [1.82, 2.24) is 0 Å². The SMILES string of the molecule is C=CC(=O)[O-].CCCOP(=O)(O)O.[K+]. The predicted molar refractivity (Wildman–Crippen MR) is 43.5 cm³/mol. The summed E-state index contributed by atoms with van der Waals surface area (Å²) in [6, 6.07) is 0. The van der Waals surface area contributed by atoms with Gasteiger partial charge in [-0.1, -0.05) is 13.5 Å². The van der Waals surface area contributed by atoms with E-state index in [2.05, 4.69) is 11.1 Å². The number of phosphoric acid groups is 1. The Kier molecular flexibility index (Phi) is 17.5. The van der Waals surface area contributed by atoms with E-state index in [-0.39, 0.29) is 58.0 Å². The van der Waals surface area contributed by atoms with Gasteiger partial charge >= 0.3 is 59.2 Å². The van der Waals surface area contributed by atoms with Gasteiger partial charge in [0.15, 0.2) is 0 Å². The van der Waals surface area contributed by atoms with E-state index < -0.39 is 13.8 Å². The Labute approximate surface area is 125 Å². The van der Waals surface area contributed by atoms with Crippen LogP contribution in [-0.2, 0) is 13.9 Å². The average molecular weight is 250 g/mol. The van der Waals surface area contributed by atoms with E-state index in [1.807, 2.05) is 0 Å². The summed E-state index contributed by atoms with van der Waals surface area (Å²) in [4.78, 5) is 25.2. The van der Waals surface area contributed by atoms with Gasteiger partial charge in [0.2, 0.25) is 0 Å². The fraction of sp³-hybridized carbons (Fsp3) is 0.500. The Hall–Kier alpha value is 0.956. The van der Waals surface area contributed by atoms with Crippen LogP contribution in [0.5, 0.6) is 0 Å². The number of carboxylic acid groups (broad SMARTS) is 1. The van der Waals surface area contributed by atoms with E-state index >= 15 is 0 Å². The van der Waals surface area contributed by atoms with E-state index in [1.165, 1.54) is 0 Å². The van der Waals surface area contributed by atoms with Crippen molar-refractivity contribution in [3.63, 3.8) is 0 Å². The molecular weight excluding hydrogens is 238 g/mol. The van der Waals surface area contributed by atoms with E-state index in [9.17, 15) is 4.57 Å². The third kappa shape index (κ3) is 29.3. The molecule has 0 aromatic heterocycles. The molecule has 8 heteroatoms. The smallest absolute Gasteiger partial charge is 0.545 e. The van der Waals surface area contributed by atoms with Gasteiger partial charge in [0.1, 0.15) is 0 Å². The van der Waals surface area contributed by atoms with Crippen LogP contribution in [0.2, 0.25) is 0 Å². The number of hydrogen-bond acceptors (Lipinski definition) is 4. The molecule has 2 N–H and O–H groups in total. The first-order valence-corrected chi connectivity index (χ1v) is 4.90. The van der Waals surface area contributed by atoms with Crippen molar-refractivity contribution in [2.45, 2.75) is 13.3 Å². The first-order valence-electron chi connectivity index (χ1n) is 3.37. The molecule has 0 saturated carbocycles. The second-order valence-electron chi connectivity index (χ2n) is 1.85. The summed E-state index contributed by atoms with van der Waals surface area (Å²) in [5, 5.41) is 9.14. The molecule has 78 valence electrons. The van der Waals surface area contributed by atoms with Crippen LogP contribution < -0.4 is 56.5 Å². The molecule has 0 rings (SSSR count). The van der Waals surface area contributed by atoms with Gasteiger partial charge in [0, 0.05) is 0 Å². The average Bonchev–Trinajstić information content (AvgIpc) is 2.00. The Balaban J connectivity index is -0.000000177. The third-order valence-electron chi connectivity index (χ3n) is 0.630. The minimum Gasteiger partial charge on any atom is -0.545 e.